The van der Waals surface area contributed by atoms with Gasteiger partial charge in [0.25, 0.3) is 5.91 Å². The fourth-order valence-electron chi connectivity index (χ4n) is 1.38. The number of aromatic amines is 1. The van der Waals surface area contributed by atoms with Gasteiger partial charge in [-0.05, 0) is 31.0 Å². The lowest BCUT2D eigenvalue weighted by molar-refractivity contribution is 0.102. The highest BCUT2D eigenvalue weighted by Crippen LogP contribution is 2.18. The Balaban J connectivity index is 2.22. The Hall–Kier alpha value is -2.17. The van der Waals surface area contributed by atoms with E-state index in [9.17, 15) is 4.79 Å². The Labute approximate surface area is 92.9 Å². The second kappa shape index (κ2) is 4.14. The highest BCUT2D eigenvalue weighted by molar-refractivity contribution is 6.03. The van der Waals surface area contributed by atoms with Crippen LogP contribution in [0.2, 0.25) is 0 Å². The lowest BCUT2D eigenvalue weighted by atomic mass is 10.1. The number of carbonyl (C=O) groups is 1. The van der Waals surface area contributed by atoms with E-state index in [2.05, 4.69) is 20.7 Å². The zero-order valence-corrected chi connectivity index (χ0v) is 9.11. The third kappa shape index (κ3) is 1.93. The van der Waals surface area contributed by atoms with Crippen molar-refractivity contribution in [3.8, 4) is 0 Å². The number of carbonyl (C=O) groups excluding carboxylic acids is 1. The molecule has 82 valence electrons. The van der Waals surface area contributed by atoms with Gasteiger partial charge in [-0.3, -0.25) is 4.79 Å². The van der Waals surface area contributed by atoms with Gasteiger partial charge in [-0.2, -0.15) is 15.4 Å². The first kappa shape index (κ1) is 10.4. The first-order valence-electron chi connectivity index (χ1n) is 4.92. The molecule has 2 rings (SSSR count). The topological polar surface area (TPSA) is 70.7 Å². The summed E-state index contributed by atoms with van der Waals surface area (Å²) < 4.78 is 0. The summed E-state index contributed by atoms with van der Waals surface area (Å²) in [6.45, 7) is 3.97. The van der Waals surface area contributed by atoms with Crippen molar-refractivity contribution in [3.05, 3.63) is 41.2 Å². The Morgan fingerprint density at radius 2 is 2.19 bits per heavy atom. The molecule has 0 saturated heterocycles. The van der Waals surface area contributed by atoms with Gasteiger partial charge in [0.05, 0.1) is 6.20 Å². The van der Waals surface area contributed by atoms with E-state index in [-0.39, 0.29) is 11.6 Å². The summed E-state index contributed by atoms with van der Waals surface area (Å²) in [5.41, 5.74) is 3.27. The number of nitrogens with zero attached hydrogens (tertiary/aromatic N) is 2. The summed E-state index contributed by atoms with van der Waals surface area (Å²) in [6, 6.07) is 5.77. The molecule has 0 bridgehead atoms. The summed E-state index contributed by atoms with van der Waals surface area (Å²) in [4.78, 5) is 11.7. The minimum atomic E-state index is -0.262. The van der Waals surface area contributed by atoms with Gasteiger partial charge in [0.15, 0.2) is 5.69 Å². The molecule has 0 saturated carbocycles. The number of aromatic nitrogens is 3. The summed E-state index contributed by atoms with van der Waals surface area (Å²) in [5, 5.41) is 12.5. The Kier molecular flexibility index (Phi) is 2.68. The maximum Gasteiger partial charge on any atom is 0.277 e. The van der Waals surface area contributed by atoms with Gasteiger partial charge < -0.3 is 5.32 Å². The highest BCUT2D eigenvalue weighted by atomic mass is 16.2. The van der Waals surface area contributed by atoms with E-state index < -0.39 is 0 Å². The van der Waals surface area contributed by atoms with Crippen LogP contribution in [0.4, 0.5) is 5.69 Å². The Morgan fingerprint density at radius 3 is 2.88 bits per heavy atom. The molecular weight excluding hydrogens is 204 g/mol. The molecule has 0 aliphatic carbocycles. The normalized spacial score (nSPS) is 10.1. The molecule has 0 spiro atoms. The standard InChI is InChI=1S/C11H12N4O/c1-7-4-3-5-9(8(7)2)13-11(16)10-6-12-15-14-10/h3-6H,1-2H3,(H,13,16)(H,12,14,15). The number of aryl methyl sites for hydroxylation is 1. The smallest absolute Gasteiger partial charge is 0.277 e. The molecule has 1 aromatic carbocycles. The average molecular weight is 216 g/mol. The first-order chi connectivity index (χ1) is 7.68. The van der Waals surface area contributed by atoms with E-state index in [0.29, 0.717) is 0 Å². The Bertz CT molecular complexity index is 505. The molecule has 16 heavy (non-hydrogen) atoms. The van der Waals surface area contributed by atoms with E-state index in [0.717, 1.165) is 16.8 Å². The molecule has 1 aromatic heterocycles. The predicted octanol–water partition coefficient (Wildman–Crippen LogP) is 1.67. The van der Waals surface area contributed by atoms with Crippen molar-refractivity contribution in [2.24, 2.45) is 0 Å². The fraction of sp³-hybridized carbons (Fsp3) is 0.182. The fourth-order valence-corrected chi connectivity index (χ4v) is 1.38. The van der Waals surface area contributed by atoms with Crippen molar-refractivity contribution < 1.29 is 4.79 Å². The number of hydrogen-bond donors (Lipinski definition) is 2. The molecule has 0 aliphatic rings. The van der Waals surface area contributed by atoms with E-state index in [1.54, 1.807) is 0 Å². The zero-order valence-electron chi connectivity index (χ0n) is 9.11. The molecule has 0 unspecified atom stereocenters. The molecule has 0 aliphatic heterocycles. The molecule has 0 atom stereocenters. The lowest BCUT2D eigenvalue weighted by Crippen LogP contribution is -2.13. The Morgan fingerprint density at radius 1 is 1.38 bits per heavy atom. The minimum Gasteiger partial charge on any atom is -0.320 e. The molecule has 5 heteroatoms. The third-order valence-corrected chi connectivity index (χ3v) is 2.50. The van der Waals surface area contributed by atoms with E-state index >= 15 is 0 Å². The van der Waals surface area contributed by atoms with Gasteiger partial charge in [0.1, 0.15) is 0 Å². The number of H-pyrrole nitrogens is 1. The number of nitrogens with one attached hydrogen (secondary N) is 2. The van der Waals surface area contributed by atoms with Crippen LogP contribution in [-0.4, -0.2) is 21.3 Å². The van der Waals surface area contributed by atoms with Gasteiger partial charge >= 0.3 is 0 Å². The second-order valence-corrected chi connectivity index (χ2v) is 3.56. The second-order valence-electron chi connectivity index (χ2n) is 3.56. The summed E-state index contributed by atoms with van der Waals surface area (Å²) >= 11 is 0. The highest BCUT2D eigenvalue weighted by Gasteiger charge is 2.10. The molecule has 1 heterocycles. The number of rotatable bonds is 2. The molecule has 2 N–H and O–H groups in total. The molecule has 0 fully saturated rings. The van der Waals surface area contributed by atoms with Crippen LogP contribution in [0.25, 0.3) is 0 Å². The van der Waals surface area contributed by atoms with E-state index in [1.807, 2.05) is 32.0 Å². The molecule has 5 nitrogen and oxygen atoms in total. The van der Waals surface area contributed by atoms with Crippen LogP contribution in [0, 0.1) is 13.8 Å². The van der Waals surface area contributed by atoms with Gasteiger partial charge in [0.2, 0.25) is 0 Å². The minimum absolute atomic E-state index is 0.262. The van der Waals surface area contributed by atoms with Crippen LogP contribution in [0.1, 0.15) is 21.6 Å². The van der Waals surface area contributed by atoms with Gasteiger partial charge in [-0.1, -0.05) is 12.1 Å². The predicted molar refractivity (Wildman–Crippen MR) is 60.3 cm³/mol. The zero-order chi connectivity index (χ0) is 11.5. The average Bonchev–Trinajstić information content (AvgIpc) is 2.78. The third-order valence-electron chi connectivity index (χ3n) is 2.50. The van der Waals surface area contributed by atoms with Crippen molar-refractivity contribution >= 4 is 11.6 Å². The molecule has 0 radical (unpaired) electrons. The van der Waals surface area contributed by atoms with Crippen molar-refractivity contribution in [1.29, 1.82) is 0 Å². The molecular formula is C11H12N4O. The van der Waals surface area contributed by atoms with Crippen LogP contribution in [0.15, 0.2) is 24.4 Å². The number of anilines is 1. The van der Waals surface area contributed by atoms with Crippen molar-refractivity contribution in [2.75, 3.05) is 5.32 Å². The maximum absolute atomic E-state index is 11.7. The SMILES string of the molecule is Cc1cccc(NC(=O)c2cn[nH]n2)c1C. The van der Waals surface area contributed by atoms with Gasteiger partial charge in [-0.15, -0.1) is 0 Å². The number of benzene rings is 1. The number of amides is 1. The monoisotopic (exact) mass is 216 g/mol. The van der Waals surface area contributed by atoms with Crippen LogP contribution >= 0.6 is 0 Å². The van der Waals surface area contributed by atoms with E-state index in [1.165, 1.54) is 6.20 Å². The summed E-state index contributed by atoms with van der Waals surface area (Å²) in [7, 11) is 0. The lowest BCUT2D eigenvalue weighted by Gasteiger charge is -2.08. The van der Waals surface area contributed by atoms with Crippen LogP contribution in [0.3, 0.4) is 0 Å². The number of hydrogen-bond acceptors (Lipinski definition) is 3. The largest absolute Gasteiger partial charge is 0.320 e. The van der Waals surface area contributed by atoms with Crippen LogP contribution in [0.5, 0.6) is 0 Å². The summed E-state index contributed by atoms with van der Waals surface area (Å²) in [6.07, 6.45) is 1.39. The van der Waals surface area contributed by atoms with Crippen LogP contribution in [-0.2, 0) is 0 Å². The van der Waals surface area contributed by atoms with Gasteiger partial charge in [0, 0.05) is 5.69 Å². The van der Waals surface area contributed by atoms with Crippen molar-refractivity contribution in [3.63, 3.8) is 0 Å². The van der Waals surface area contributed by atoms with Crippen molar-refractivity contribution in [2.45, 2.75) is 13.8 Å². The maximum atomic E-state index is 11.7. The van der Waals surface area contributed by atoms with Crippen LogP contribution < -0.4 is 5.32 Å². The van der Waals surface area contributed by atoms with Crippen molar-refractivity contribution in [1.82, 2.24) is 15.4 Å². The molecule has 1 amide bonds. The molecule has 2 aromatic rings. The quantitative estimate of drug-likeness (QED) is 0.802. The summed E-state index contributed by atoms with van der Waals surface area (Å²) in [5.74, 6) is -0.262. The van der Waals surface area contributed by atoms with E-state index in [4.69, 9.17) is 0 Å². The first-order valence-corrected chi connectivity index (χ1v) is 4.92. The van der Waals surface area contributed by atoms with Gasteiger partial charge in [-0.25, -0.2) is 0 Å².